The molecule has 0 aliphatic heterocycles. The molecule has 1 nitrogen and oxygen atoms in total. The van der Waals surface area contributed by atoms with Crippen molar-refractivity contribution in [1.29, 1.82) is 0 Å². The van der Waals surface area contributed by atoms with Crippen LogP contribution in [0.5, 0.6) is 0 Å². The zero-order valence-corrected chi connectivity index (χ0v) is 7.35. The summed E-state index contributed by atoms with van der Waals surface area (Å²) in [7, 11) is 0. The molecule has 0 heterocycles. The van der Waals surface area contributed by atoms with Crippen LogP contribution in [0, 0.1) is 0 Å². The van der Waals surface area contributed by atoms with Gasteiger partial charge in [-0.15, -0.1) is 6.58 Å². The third kappa shape index (κ3) is 2.41. The van der Waals surface area contributed by atoms with Crippen LogP contribution in [0.25, 0.3) is 0 Å². The zero-order valence-electron chi connectivity index (χ0n) is 7.35. The Kier molecular flexibility index (Phi) is 3.58. The van der Waals surface area contributed by atoms with E-state index < -0.39 is 11.5 Å². The van der Waals surface area contributed by atoms with Gasteiger partial charge in [0.25, 0.3) is 5.92 Å². The van der Waals surface area contributed by atoms with E-state index >= 15 is 0 Å². The summed E-state index contributed by atoms with van der Waals surface area (Å²) in [5.41, 5.74) is -2.17. The van der Waals surface area contributed by atoms with Gasteiger partial charge in [-0.3, -0.25) is 0 Å². The summed E-state index contributed by atoms with van der Waals surface area (Å²) < 4.78 is 26.0. The molecule has 12 heavy (non-hydrogen) atoms. The highest BCUT2D eigenvalue weighted by Crippen LogP contribution is 2.30. The monoisotopic (exact) mass is 176 g/mol. The number of allylic oxidation sites excluding steroid dienone is 1. The molecule has 0 saturated heterocycles. The minimum atomic E-state index is -3.25. The highest BCUT2D eigenvalue weighted by Gasteiger charge is 2.44. The standard InChI is InChI=1S/C9H14F2O/c1-4-6-7-9(10,11)8(3,12)5-2/h5-7,12H,2,4H2,1,3H3/b7-6-. The maximum absolute atomic E-state index is 13.0. The first-order chi connectivity index (χ1) is 5.37. The van der Waals surface area contributed by atoms with E-state index in [0.29, 0.717) is 12.5 Å². The molecule has 3 heteroatoms. The molecule has 0 spiro atoms. The van der Waals surface area contributed by atoms with Crippen LogP contribution in [0.1, 0.15) is 20.3 Å². The number of hydrogen-bond acceptors (Lipinski definition) is 1. The smallest absolute Gasteiger partial charge is 0.297 e. The molecule has 0 aromatic heterocycles. The zero-order chi connectivity index (χ0) is 9.83. The molecule has 1 atom stereocenters. The summed E-state index contributed by atoms with van der Waals surface area (Å²) in [6, 6.07) is 0. The van der Waals surface area contributed by atoms with Gasteiger partial charge in [-0.1, -0.05) is 19.1 Å². The van der Waals surface area contributed by atoms with Crippen LogP contribution >= 0.6 is 0 Å². The highest BCUT2D eigenvalue weighted by molar-refractivity contribution is 5.12. The summed E-state index contributed by atoms with van der Waals surface area (Å²) in [6.07, 6.45) is 3.38. The van der Waals surface area contributed by atoms with Crippen molar-refractivity contribution in [2.24, 2.45) is 0 Å². The van der Waals surface area contributed by atoms with E-state index in [-0.39, 0.29) is 0 Å². The second-order valence-corrected chi connectivity index (χ2v) is 2.79. The van der Waals surface area contributed by atoms with Gasteiger partial charge in [0.05, 0.1) is 0 Å². The van der Waals surface area contributed by atoms with Crippen LogP contribution in [0.2, 0.25) is 0 Å². The van der Waals surface area contributed by atoms with Crippen molar-refractivity contribution in [3.8, 4) is 0 Å². The Morgan fingerprint density at radius 2 is 2.00 bits per heavy atom. The van der Waals surface area contributed by atoms with E-state index in [4.69, 9.17) is 5.11 Å². The molecule has 1 N–H and O–H groups in total. The summed E-state index contributed by atoms with van der Waals surface area (Å²) in [6.45, 7) is 5.92. The molecule has 0 aromatic rings. The van der Waals surface area contributed by atoms with Crippen LogP contribution in [0.15, 0.2) is 24.8 Å². The van der Waals surface area contributed by atoms with Gasteiger partial charge in [-0.2, -0.15) is 8.78 Å². The molecule has 70 valence electrons. The molecule has 0 rings (SSSR count). The lowest BCUT2D eigenvalue weighted by Crippen LogP contribution is -2.41. The molecule has 0 aliphatic carbocycles. The Bertz CT molecular complexity index is 183. The molecule has 0 aliphatic rings. The van der Waals surface area contributed by atoms with Crippen LogP contribution in [-0.2, 0) is 0 Å². The molecule has 1 unspecified atom stereocenters. The Morgan fingerprint density at radius 1 is 1.50 bits per heavy atom. The van der Waals surface area contributed by atoms with Crippen molar-refractivity contribution in [1.82, 2.24) is 0 Å². The van der Waals surface area contributed by atoms with Crippen molar-refractivity contribution >= 4 is 0 Å². The average Bonchev–Trinajstić information content (AvgIpc) is 2.00. The number of aliphatic hydroxyl groups is 1. The highest BCUT2D eigenvalue weighted by atomic mass is 19.3. The third-order valence-corrected chi connectivity index (χ3v) is 1.64. The molecular weight excluding hydrogens is 162 g/mol. The topological polar surface area (TPSA) is 20.2 Å². The van der Waals surface area contributed by atoms with Crippen molar-refractivity contribution in [2.75, 3.05) is 0 Å². The fourth-order valence-electron chi connectivity index (χ4n) is 0.571. The minimum absolute atomic E-state index is 0.517. The Hall–Kier alpha value is -0.700. The fraction of sp³-hybridized carbons (Fsp3) is 0.556. The van der Waals surface area contributed by atoms with E-state index in [1.54, 1.807) is 6.92 Å². The van der Waals surface area contributed by atoms with Crippen LogP contribution < -0.4 is 0 Å². The molecule has 0 radical (unpaired) electrons. The van der Waals surface area contributed by atoms with Crippen molar-refractivity contribution in [2.45, 2.75) is 31.8 Å². The number of hydrogen-bond donors (Lipinski definition) is 1. The predicted octanol–water partition coefficient (Wildman–Crippen LogP) is 2.52. The first-order valence-electron chi connectivity index (χ1n) is 3.79. The van der Waals surface area contributed by atoms with Gasteiger partial charge in [0, 0.05) is 0 Å². The lowest BCUT2D eigenvalue weighted by atomic mass is 9.98. The van der Waals surface area contributed by atoms with Crippen LogP contribution in [0.3, 0.4) is 0 Å². The normalized spacial score (nSPS) is 17.8. The molecule has 0 aromatic carbocycles. The Morgan fingerprint density at radius 3 is 2.33 bits per heavy atom. The third-order valence-electron chi connectivity index (χ3n) is 1.64. The number of halogens is 2. The largest absolute Gasteiger partial charge is 0.379 e. The second kappa shape index (κ2) is 3.81. The van der Waals surface area contributed by atoms with Gasteiger partial charge in [0.15, 0.2) is 0 Å². The first kappa shape index (κ1) is 11.3. The Labute approximate surface area is 71.4 Å². The first-order valence-corrected chi connectivity index (χ1v) is 3.79. The van der Waals surface area contributed by atoms with Gasteiger partial charge in [-0.25, -0.2) is 0 Å². The second-order valence-electron chi connectivity index (χ2n) is 2.79. The van der Waals surface area contributed by atoms with E-state index in [0.717, 1.165) is 13.0 Å². The minimum Gasteiger partial charge on any atom is -0.379 e. The van der Waals surface area contributed by atoms with Crippen LogP contribution in [0.4, 0.5) is 8.78 Å². The van der Waals surface area contributed by atoms with Crippen molar-refractivity contribution < 1.29 is 13.9 Å². The quantitative estimate of drug-likeness (QED) is 0.652. The van der Waals surface area contributed by atoms with E-state index in [1.807, 2.05) is 0 Å². The molecular formula is C9H14F2O. The maximum atomic E-state index is 13.0. The van der Waals surface area contributed by atoms with E-state index in [2.05, 4.69) is 6.58 Å². The summed E-state index contributed by atoms with van der Waals surface area (Å²) in [5, 5.41) is 9.16. The maximum Gasteiger partial charge on any atom is 0.297 e. The lowest BCUT2D eigenvalue weighted by Gasteiger charge is -2.26. The van der Waals surface area contributed by atoms with Gasteiger partial charge in [0.1, 0.15) is 5.60 Å². The van der Waals surface area contributed by atoms with E-state index in [9.17, 15) is 8.78 Å². The van der Waals surface area contributed by atoms with Gasteiger partial charge in [-0.05, 0) is 19.4 Å². The van der Waals surface area contributed by atoms with Crippen molar-refractivity contribution in [3.63, 3.8) is 0 Å². The predicted molar refractivity (Wildman–Crippen MR) is 45.2 cm³/mol. The lowest BCUT2D eigenvalue weighted by molar-refractivity contribution is -0.109. The number of alkyl halides is 2. The molecule has 0 bridgehead atoms. The van der Waals surface area contributed by atoms with Crippen LogP contribution in [-0.4, -0.2) is 16.6 Å². The fourth-order valence-corrected chi connectivity index (χ4v) is 0.571. The molecule has 0 fully saturated rings. The SMILES string of the molecule is C=CC(C)(O)C(F)(F)/C=C\CC. The summed E-state index contributed by atoms with van der Waals surface area (Å²) in [4.78, 5) is 0. The summed E-state index contributed by atoms with van der Waals surface area (Å²) in [5.74, 6) is -3.25. The van der Waals surface area contributed by atoms with Gasteiger partial charge >= 0.3 is 0 Å². The molecule has 0 saturated carbocycles. The van der Waals surface area contributed by atoms with E-state index in [1.165, 1.54) is 6.08 Å². The Balaban J connectivity index is 4.59. The summed E-state index contributed by atoms with van der Waals surface area (Å²) >= 11 is 0. The van der Waals surface area contributed by atoms with Crippen molar-refractivity contribution in [3.05, 3.63) is 24.8 Å². The van der Waals surface area contributed by atoms with Gasteiger partial charge in [0.2, 0.25) is 0 Å². The molecule has 0 amide bonds. The average molecular weight is 176 g/mol. The van der Waals surface area contributed by atoms with Gasteiger partial charge < -0.3 is 5.11 Å². The number of rotatable bonds is 4.